The van der Waals surface area contributed by atoms with E-state index in [1.165, 1.54) is 13.8 Å². The second-order valence-corrected chi connectivity index (χ2v) is 11.4. The molecule has 4 aliphatic rings. The topological polar surface area (TPSA) is 184 Å². The number of benzene rings is 1. The van der Waals surface area contributed by atoms with E-state index in [4.69, 9.17) is 29.8 Å². The molecule has 2 bridgehead atoms. The van der Waals surface area contributed by atoms with Gasteiger partial charge in [-0.1, -0.05) is 12.5 Å². The molecular weight excluding hydrogens is 536 g/mol. The highest BCUT2D eigenvalue weighted by atomic mass is 16.6. The minimum Gasteiger partial charge on any atom is -0.493 e. The van der Waals surface area contributed by atoms with Crippen LogP contribution in [0.3, 0.4) is 0 Å². The Balaban J connectivity index is 1.27. The molecule has 0 saturated heterocycles. The first-order valence-corrected chi connectivity index (χ1v) is 13.9. The van der Waals surface area contributed by atoms with Crippen molar-refractivity contribution in [1.29, 1.82) is 0 Å². The summed E-state index contributed by atoms with van der Waals surface area (Å²) < 4.78 is 23.1. The average molecular weight is 573 g/mol. The summed E-state index contributed by atoms with van der Waals surface area (Å²) in [5.41, 5.74) is 5.58. The normalized spacial score (nSPS) is 29.0. The van der Waals surface area contributed by atoms with Crippen molar-refractivity contribution in [2.45, 2.75) is 94.1 Å². The maximum Gasteiger partial charge on any atom is 0.352 e. The Morgan fingerprint density at radius 2 is 1.98 bits per heavy atom. The van der Waals surface area contributed by atoms with E-state index in [-0.39, 0.29) is 24.5 Å². The maximum absolute atomic E-state index is 13.1. The van der Waals surface area contributed by atoms with Gasteiger partial charge in [0.15, 0.2) is 23.7 Å². The molecule has 1 aromatic carbocycles. The van der Waals surface area contributed by atoms with E-state index >= 15 is 0 Å². The third-order valence-corrected chi connectivity index (χ3v) is 9.04. The molecule has 1 spiro atoms. The van der Waals surface area contributed by atoms with Gasteiger partial charge >= 0.3 is 17.9 Å². The summed E-state index contributed by atoms with van der Waals surface area (Å²) in [5.74, 6) is -2.09. The van der Waals surface area contributed by atoms with Gasteiger partial charge in [0.25, 0.3) is 0 Å². The molecule has 1 heterocycles. The van der Waals surface area contributed by atoms with Crippen LogP contribution in [-0.4, -0.2) is 71.0 Å². The Morgan fingerprint density at radius 1 is 1.22 bits per heavy atom. The summed E-state index contributed by atoms with van der Waals surface area (Å²) in [6, 6.07) is 1.59. The molecule has 5 N–H and O–H groups in total. The van der Waals surface area contributed by atoms with Crippen LogP contribution < -0.4 is 20.5 Å². The number of ether oxygens (including phenoxy) is 4. The van der Waals surface area contributed by atoms with Crippen molar-refractivity contribution < 1.29 is 48.3 Å². The molecule has 1 fully saturated rings. The van der Waals surface area contributed by atoms with Gasteiger partial charge in [0.1, 0.15) is 17.8 Å². The lowest BCUT2D eigenvalue weighted by Crippen LogP contribution is -2.67. The quantitative estimate of drug-likeness (QED) is 0.296. The number of methoxy groups -OCH3 is 1. The van der Waals surface area contributed by atoms with Crippen molar-refractivity contribution in [2.24, 2.45) is 11.7 Å². The number of carbonyl (C=O) groups excluding carboxylic acids is 3. The Morgan fingerprint density at radius 3 is 2.68 bits per heavy atom. The van der Waals surface area contributed by atoms with Gasteiger partial charge in [0, 0.05) is 12.0 Å². The number of aliphatic hydroxyl groups is 1. The number of carboxylic acid groups (broad SMARTS) is 1. The largest absolute Gasteiger partial charge is 0.493 e. The van der Waals surface area contributed by atoms with Gasteiger partial charge in [-0.25, -0.2) is 9.59 Å². The zero-order chi connectivity index (χ0) is 29.7. The highest BCUT2D eigenvalue weighted by molar-refractivity contribution is 5.86. The van der Waals surface area contributed by atoms with Crippen LogP contribution in [0.4, 0.5) is 0 Å². The number of hydrogen-bond donors (Lipinski definition) is 4. The highest BCUT2D eigenvalue weighted by Crippen LogP contribution is 2.67. The van der Waals surface area contributed by atoms with Crippen LogP contribution in [0.5, 0.6) is 11.5 Å². The van der Waals surface area contributed by atoms with Crippen molar-refractivity contribution in [3.8, 4) is 11.5 Å². The molecule has 0 radical (unpaired) electrons. The van der Waals surface area contributed by atoms with Crippen molar-refractivity contribution >= 4 is 23.8 Å². The van der Waals surface area contributed by atoms with Crippen molar-refractivity contribution in [1.82, 2.24) is 5.32 Å². The van der Waals surface area contributed by atoms with Crippen LogP contribution in [0.2, 0.25) is 0 Å². The minimum atomic E-state index is -1.30. The molecule has 1 aliphatic heterocycles. The van der Waals surface area contributed by atoms with Crippen molar-refractivity contribution in [2.75, 3.05) is 7.11 Å². The fraction of sp³-hybridized carbons (Fsp3) is 0.586. The number of aliphatic carboxylic acids is 1. The lowest BCUT2D eigenvalue weighted by molar-refractivity contribution is -0.172. The van der Waals surface area contributed by atoms with E-state index in [1.807, 2.05) is 12.1 Å². The average Bonchev–Trinajstić information content (AvgIpc) is 3.28. The lowest BCUT2D eigenvalue weighted by atomic mass is 9.47. The number of carbonyl (C=O) groups is 4. The van der Waals surface area contributed by atoms with Crippen LogP contribution in [-0.2, 0) is 40.5 Å². The molecule has 1 aromatic rings. The minimum absolute atomic E-state index is 0.0409. The van der Waals surface area contributed by atoms with Gasteiger partial charge in [-0.15, -0.1) is 0 Å². The van der Waals surface area contributed by atoms with E-state index in [2.05, 4.69) is 5.32 Å². The first kappa shape index (κ1) is 28.9. The van der Waals surface area contributed by atoms with Gasteiger partial charge in [-0.05, 0) is 69.6 Å². The monoisotopic (exact) mass is 572 g/mol. The zero-order valence-electron chi connectivity index (χ0n) is 23.3. The van der Waals surface area contributed by atoms with Crippen LogP contribution in [0.25, 0.3) is 0 Å². The van der Waals surface area contributed by atoms with E-state index < -0.39 is 59.1 Å². The molecule has 12 nitrogen and oxygen atoms in total. The summed E-state index contributed by atoms with van der Waals surface area (Å²) in [5, 5.41) is 23.4. The van der Waals surface area contributed by atoms with Crippen LogP contribution in [0.1, 0.15) is 63.5 Å². The standard InChI is InChI=1S/C29H36N2O10/c1-14(31-21(32)9-7-18(30)25(33)34)26(35)39-15(2)27(36)40-20-10-12-29(37)17-5-4-11-28(29)22-16(13-17)6-8-19(38-3)23(22)41-24(20)28/h6,8,10,14-15,17-18,24,37H,4-5,7,9,11-13,30H2,1-3H3,(H,31,32)(H,33,34)/t14-,15-,17-,18-,24+,28+,29-/m0/s1. The van der Waals surface area contributed by atoms with Gasteiger partial charge in [-0.2, -0.15) is 0 Å². The Kier molecular flexibility index (Phi) is 7.49. The molecule has 222 valence electrons. The van der Waals surface area contributed by atoms with E-state index in [9.17, 15) is 24.3 Å². The molecule has 1 saturated carbocycles. The molecule has 0 unspecified atom stereocenters. The number of nitrogens with two attached hydrogens (primary N) is 1. The Bertz CT molecular complexity index is 1310. The summed E-state index contributed by atoms with van der Waals surface area (Å²) >= 11 is 0. The molecule has 41 heavy (non-hydrogen) atoms. The zero-order valence-corrected chi connectivity index (χ0v) is 23.3. The molecule has 3 aliphatic carbocycles. The lowest BCUT2D eigenvalue weighted by Gasteiger charge is -2.59. The number of carboxylic acids is 1. The van der Waals surface area contributed by atoms with E-state index in [0.29, 0.717) is 24.3 Å². The summed E-state index contributed by atoms with van der Waals surface area (Å²) in [6.07, 6.45) is 2.81. The van der Waals surface area contributed by atoms with Crippen LogP contribution >= 0.6 is 0 Å². The van der Waals surface area contributed by atoms with Crippen molar-refractivity contribution in [3.05, 3.63) is 35.1 Å². The number of amides is 1. The second kappa shape index (κ2) is 10.6. The van der Waals surface area contributed by atoms with Crippen LogP contribution in [0.15, 0.2) is 24.0 Å². The van der Waals surface area contributed by atoms with Crippen molar-refractivity contribution in [3.63, 3.8) is 0 Å². The molecule has 1 amide bonds. The molecule has 0 aromatic heterocycles. The van der Waals surface area contributed by atoms with E-state index in [1.54, 1.807) is 13.2 Å². The van der Waals surface area contributed by atoms with E-state index in [0.717, 1.165) is 30.4 Å². The number of esters is 2. The molecule has 5 rings (SSSR count). The fourth-order valence-corrected chi connectivity index (χ4v) is 6.99. The highest BCUT2D eigenvalue weighted by Gasteiger charge is 2.71. The third-order valence-electron chi connectivity index (χ3n) is 9.04. The summed E-state index contributed by atoms with van der Waals surface area (Å²) in [6.45, 7) is 2.75. The predicted molar refractivity (Wildman–Crippen MR) is 142 cm³/mol. The molecule has 12 heteroatoms. The van der Waals surface area contributed by atoms with Crippen LogP contribution in [0, 0.1) is 5.92 Å². The summed E-state index contributed by atoms with van der Waals surface area (Å²) in [4.78, 5) is 48.5. The first-order chi connectivity index (χ1) is 19.4. The molecule has 7 atom stereocenters. The number of nitrogens with one attached hydrogen (secondary N) is 1. The first-order valence-electron chi connectivity index (χ1n) is 13.9. The number of hydrogen-bond acceptors (Lipinski definition) is 10. The van der Waals surface area contributed by atoms with Gasteiger partial charge in [0.2, 0.25) is 5.91 Å². The fourth-order valence-electron chi connectivity index (χ4n) is 6.99. The predicted octanol–water partition coefficient (Wildman–Crippen LogP) is 1.24. The summed E-state index contributed by atoms with van der Waals surface area (Å²) in [7, 11) is 1.56. The second-order valence-electron chi connectivity index (χ2n) is 11.4. The Labute approximate surface area is 237 Å². The molecular formula is C29H36N2O10. The third kappa shape index (κ3) is 4.62. The SMILES string of the molecule is COc1ccc2c3c1O[C@@H]1C(OC(=O)[C@H](C)OC(=O)[C@H](C)NC(=O)CC[C@H](N)C(=O)O)=CC[C@]4(O)[C@@H](CCC[C@@]314)C2. The number of rotatable bonds is 10. The van der Waals surface area contributed by atoms with Gasteiger partial charge in [-0.3, -0.25) is 9.59 Å². The van der Waals surface area contributed by atoms with Gasteiger partial charge in [0.05, 0.1) is 18.1 Å². The van der Waals surface area contributed by atoms with Gasteiger partial charge < -0.3 is 40.2 Å². The maximum atomic E-state index is 13.1. The smallest absolute Gasteiger partial charge is 0.352 e. The Hall–Kier alpha value is -3.64.